The number of halogens is 3. The van der Waals surface area contributed by atoms with Crippen LogP contribution in [0.3, 0.4) is 0 Å². The van der Waals surface area contributed by atoms with Gasteiger partial charge in [0.25, 0.3) is 0 Å². The summed E-state index contributed by atoms with van der Waals surface area (Å²) in [5, 5.41) is 1.30. The Morgan fingerprint density at radius 2 is 1.71 bits per heavy atom. The van der Waals surface area contributed by atoms with Crippen LogP contribution in [0.25, 0.3) is 17.1 Å². The van der Waals surface area contributed by atoms with Gasteiger partial charge in [0.1, 0.15) is 17.9 Å². The Morgan fingerprint density at radius 1 is 0.958 bits per heavy atom. The van der Waals surface area contributed by atoms with E-state index >= 15 is 0 Å². The predicted molar refractivity (Wildman–Crippen MR) is 98.6 cm³/mol. The number of benzene rings is 2. The number of hydrogen-bond donors (Lipinski definition) is 0. The van der Waals surface area contributed by atoms with Crippen molar-refractivity contribution in [1.82, 2.24) is 14.0 Å². The van der Waals surface area contributed by atoms with Crippen LogP contribution in [0.5, 0.6) is 0 Å². The van der Waals surface area contributed by atoms with E-state index < -0.39 is 0 Å². The van der Waals surface area contributed by atoms with Gasteiger partial charge in [-0.1, -0.05) is 35.3 Å². The van der Waals surface area contributed by atoms with Crippen LogP contribution in [-0.4, -0.2) is 20.3 Å². The van der Waals surface area contributed by atoms with Gasteiger partial charge >= 0.3 is 0 Å². The summed E-state index contributed by atoms with van der Waals surface area (Å²) in [5.41, 5.74) is 2.53. The first-order valence-corrected chi connectivity index (χ1v) is 8.32. The van der Waals surface area contributed by atoms with E-state index in [0.717, 1.165) is 28.6 Å². The van der Waals surface area contributed by atoms with Crippen LogP contribution in [0.1, 0.15) is 5.69 Å². The van der Waals surface area contributed by atoms with E-state index in [1.807, 2.05) is 53.1 Å². The van der Waals surface area contributed by atoms with E-state index in [1.54, 1.807) is 6.34 Å². The van der Waals surface area contributed by atoms with E-state index in [4.69, 9.17) is 40.0 Å². The molecule has 0 bridgehead atoms. The summed E-state index contributed by atoms with van der Waals surface area (Å²) in [6.45, 7) is 0.471. The first-order valence-electron chi connectivity index (χ1n) is 7.22. The van der Waals surface area contributed by atoms with Crippen LogP contribution in [0.4, 0.5) is 5.82 Å². The average molecular weight is 378 g/mol. The van der Waals surface area contributed by atoms with Crippen LogP contribution in [0.15, 0.2) is 53.5 Å². The van der Waals surface area contributed by atoms with Crippen molar-refractivity contribution in [2.45, 2.75) is 6.54 Å². The zero-order chi connectivity index (χ0) is 16.7. The second kappa shape index (κ2) is 6.13. The lowest BCUT2D eigenvalue weighted by atomic mass is 10.2. The Balaban J connectivity index is 1.99. The summed E-state index contributed by atoms with van der Waals surface area (Å²) in [4.78, 5) is 9.18. The Kier molecular flexibility index (Phi) is 3.96. The van der Waals surface area contributed by atoms with Crippen LogP contribution in [0, 0.1) is 0 Å². The summed E-state index contributed by atoms with van der Waals surface area (Å²) in [6, 6.07) is 15.1. The molecule has 0 spiro atoms. The lowest BCUT2D eigenvalue weighted by Gasteiger charge is -2.15. The minimum Gasteiger partial charge on any atom is -0.277 e. The number of imidazole rings is 1. The fraction of sp³-hybridized carbons (Fsp3) is 0.0588. The van der Waals surface area contributed by atoms with Gasteiger partial charge in [-0.25, -0.2) is 9.98 Å². The minimum absolute atomic E-state index is 0.471. The fourth-order valence-corrected chi connectivity index (χ4v) is 3.16. The number of rotatable bonds is 2. The van der Waals surface area contributed by atoms with Crippen molar-refractivity contribution in [2.24, 2.45) is 4.99 Å². The molecule has 0 atom stereocenters. The molecule has 0 aliphatic carbocycles. The highest BCUT2D eigenvalue weighted by Gasteiger charge is 2.23. The second-order valence-corrected chi connectivity index (χ2v) is 6.58. The van der Waals surface area contributed by atoms with Crippen molar-refractivity contribution in [3.05, 3.63) is 64.3 Å². The minimum atomic E-state index is 0.471. The molecule has 0 radical (unpaired) electrons. The lowest BCUT2D eigenvalue weighted by Crippen LogP contribution is -2.13. The van der Waals surface area contributed by atoms with Gasteiger partial charge in [-0.05, 0) is 36.4 Å². The third-order valence-electron chi connectivity index (χ3n) is 3.73. The van der Waals surface area contributed by atoms with Crippen molar-refractivity contribution >= 4 is 47.1 Å². The maximum absolute atomic E-state index is 6.39. The molecule has 2 heterocycles. The SMILES string of the molecule is Clc1ccc(-n2c(-c3ccccc3Cl)nc3c2N=CN(Cl)C3)cc1. The Bertz CT molecular complexity index is 932. The molecule has 0 saturated heterocycles. The number of aromatic nitrogens is 2. The van der Waals surface area contributed by atoms with Gasteiger partial charge in [-0.3, -0.25) is 8.99 Å². The summed E-state index contributed by atoms with van der Waals surface area (Å²) in [5.74, 6) is 1.46. The first-order chi connectivity index (χ1) is 11.6. The van der Waals surface area contributed by atoms with E-state index in [-0.39, 0.29) is 0 Å². The highest BCUT2D eigenvalue weighted by Crippen LogP contribution is 2.37. The maximum Gasteiger partial charge on any atom is 0.164 e. The zero-order valence-corrected chi connectivity index (χ0v) is 14.6. The molecule has 2 aromatic carbocycles. The van der Waals surface area contributed by atoms with Gasteiger partial charge in [0.2, 0.25) is 0 Å². The van der Waals surface area contributed by atoms with Gasteiger partial charge < -0.3 is 0 Å². The molecule has 0 amide bonds. The van der Waals surface area contributed by atoms with Gasteiger partial charge in [0, 0.05) is 28.1 Å². The Labute approximate surface area is 154 Å². The Morgan fingerprint density at radius 3 is 2.46 bits per heavy atom. The molecule has 120 valence electrons. The van der Waals surface area contributed by atoms with Crippen molar-refractivity contribution in [3.63, 3.8) is 0 Å². The molecule has 0 fully saturated rings. The predicted octanol–water partition coefficient (Wildman–Crippen LogP) is 5.48. The van der Waals surface area contributed by atoms with Crippen molar-refractivity contribution < 1.29 is 0 Å². The molecule has 0 saturated carbocycles. The molecule has 1 aliphatic heterocycles. The Hall–Kier alpha value is -2.01. The number of fused-ring (bicyclic) bond motifs is 1. The highest BCUT2D eigenvalue weighted by atomic mass is 35.5. The monoisotopic (exact) mass is 376 g/mol. The third-order valence-corrected chi connectivity index (χ3v) is 4.52. The number of aliphatic imine (C=N–C) groups is 1. The maximum atomic E-state index is 6.39. The molecule has 3 aromatic rings. The molecule has 1 aromatic heterocycles. The summed E-state index contributed by atoms with van der Waals surface area (Å²) < 4.78 is 3.44. The first kappa shape index (κ1) is 15.5. The van der Waals surface area contributed by atoms with Crippen molar-refractivity contribution in [1.29, 1.82) is 0 Å². The molecule has 24 heavy (non-hydrogen) atoms. The van der Waals surface area contributed by atoms with Crippen molar-refractivity contribution in [2.75, 3.05) is 0 Å². The van der Waals surface area contributed by atoms with Crippen molar-refractivity contribution in [3.8, 4) is 17.1 Å². The largest absolute Gasteiger partial charge is 0.277 e. The topological polar surface area (TPSA) is 33.4 Å². The van der Waals surface area contributed by atoms with E-state index in [9.17, 15) is 0 Å². The molecular weight excluding hydrogens is 367 g/mol. The summed E-state index contributed by atoms with van der Waals surface area (Å²) in [7, 11) is 0. The van der Waals surface area contributed by atoms with Gasteiger partial charge in [0.15, 0.2) is 5.82 Å². The third kappa shape index (κ3) is 2.67. The fourth-order valence-electron chi connectivity index (χ4n) is 2.65. The molecule has 1 aliphatic rings. The van der Waals surface area contributed by atoms with Gasteiger partial charge in [-0.2, -0.15) is 0 Å². The summed E-state index contributed by atoms with van der Waals surface area (Å²) in [6.07, 6.45) is 1.58. The smallest absolute Gasteiger partial charge is 0.164 e. The lowest BCUT2D eigenvalue weighted by molar-refractivity contribution is 0.646. The molecule has 4 rings (SSSR count). The van der Waals surface area contributed by atoms with Gasteiger partial charge in [-0.15, -0.1) is 0 Å². The number of hydrogen-bond acceptors (Lipinski definition) is 3. The van der Waals surface area contributed by atoms with Crippen LogP contribution in [-0.2, 0) is 6.54 Å². The van der Waals surface area contributed by atoms with Crippen LogP contribution in [0.2, 0.25) is 10.0 Å². The summed E-state index contributed by atoms with van der Waals surface area (Å²) >= 11 is 18.4. The van der Waals surface area contributed by atoms with Crippen LogP contribution < -0.4 is 0 Å². The van der Waals surface area contributed by atoms with E-state index in [2.05, 4.69) is 4.99 Å². The van der Waals surface area contributed by atoms with Crippen LogP contribution >= 0.6 is 35.0 Å². The molecule has 4 nitrogen and oxygen atoms in total. The highest BCUT2D eigenvalue weighted by molar-refractivity contribution is 6.33. The number of nitrogens with zero attached hydrogens (tertiary/aromatic N) is 4. The molecule has 0 unspecified atom stereocenters. The van der Waals surface area contributed by atoms with Gasteiger partial charge in [0.05, 0.1) is 11.6 Å². The van der Waals surface area contributed by atoms with E-state index in [0.29, 0.717) is 16.6 Å². The molecule has 0 N–H and O–H groups in total. The average Bonchev–Trinajstić information content (AvgIpc) is 2.94. The molecular formula is C17H11Cl3N4. The second-order valence-electron chi connectivity index (χ2n) is 5.30. The van der Waals surface area contributed by atoms with E-state index in [1.165, 1.54) is 4.42 Å². The normalized spacial score (nSPS) is 13.2. The molecule has 7 heteroatoms. The standard InChI is InChI=1S/C17H11Cl3N4/c18-11-5-7-12(8-6-11)24-16(13-3-1-2-4-14(13)19)22-15-9-23(20)10-21-17(15)24/h1-8,10H,9H2. The quantitative estimate of drug-likeness (QED) is 0.554. The zero-order valence-electron chi connectivity index (χ0n) is 12.3.